The summed E-state index contributed by atoms with van der Waals surface area (Å²) in [4.78, 5) is 37.9. The number of benzene rings is 1. The second-order valence-corrected chi connectivity index (χ2v) is 7.33. The molecule has 0 aliphatic carbocycles. The highest BCUT2D eigenvalue weighted by atomic mass is 79.9. The van der Waals surface area contributed by atoms with E-state index < -0.39 is 17.8 Å². The van der Waals surface area contributed by atoms with Crippen LogP contribution in [-0.4, -0.2) is 22.7 Å². The minimum Gasteiger partial charge on any atom is -0.467 e. The van der Waals surface area contributed by atoms with Gasteiger partial charge in [0.1, 0.15) is 22.9 Å². The Hall–Kier alpha value is -3.39. The van der Waals surface area contributed by atoms with Gasteiger partial charge in [-0.05, 0) is 55.0 Å². The number of rotatable bonds is 4. The normalized spacial score (nSPS) is 15.9. The Morgan fingerprint density at radius 1 is 1.14 bits per heavy atom. The number of urea groups is 1. The molecule has 0 radical (unpaired) electrons. The number of carbonyl (C=O) groups is 3. The number of hydrogen-bond acceptors (Lipinski definition) is 5. The van der Waals surface area contributed by atoms with Crippen LogP contribution >= 0.6 is 15.9 Å². The number of nitrogens with zero attached hydrogens (tertiary/aromatic N) is 1. The first-order valence-corrected chi connectivity index (χ1v) is 9.49. The molecule has 1 N–H and O–H groups in total. The average molecular weight is 455 g/mol. The molecule has 0 spiro atoms. The smallest absolute Gasteiger partial charge is 0.331 e. The van der Waals surface area contributed by atoms with Gasteiger partial charge in [-0.25, -0.2) is 4.79 Å². The van der Waals surface area contributed by atoms with E-state index in [1.54, 1.807) is 24.3 Å². The lowest BCUT2D eigenvalue weighted by atomic mass is 10.1. The van der Waals surface area contributed by atoms with Gasteiger partial charge in [-0.15, -0.1) is 0 Å². The van der Waals surface area contributed by atoms with E-state index in [9.17, 15) is 14.4 Å². The fourth-order valence-corrected chi connectivity index (χ4v) is 3.62. The number of hydrogen-bond donors (Lipinski definition) is 1. The van der Waals surface area contributed by atoms with Gasteiger partial charge in [0.15, 0.2) is 0 Å². The molecular weight excluding hydrogens is 440 g/mol. The highest BCUT2D eigenvalue weighted by molar-refractivity contribution is 9.10. The van der Waals surface area contributed by atoms with Crippen LogP contribution in [0.25, 0.3) is 17.4 Å². The number of barbiturate groups is 1. The molecule has 1 fully saturated rings. The maximum atomic E-state index is 12.7. The summed E-state index contributed by atoms with van der Waals surface area (Å²) >= 11 is 3.51. The number of furan rings is 2. The number of nitrogens with one attached hydrogen (secondary N) is 1. The Bertz CT molecular complexity index is 1140. The summed E-state index contributed by atoms with van der Waals surface area (Å²) in [6, 6.07) is 11.7. The summed E-state index contributed by atoms with van der Waals surface area (Å²) in [5, 5.41) is 2.16. The van der Waals surface area contributed by atoms with Crippen molar-refractivity contribution in [1.29, 1.82) is 0 Å². The molecule has 7 nitrogen and oxygen atoms in total. The lowest BCUT2D eigenvalue weighted by Gasteiger charge is -2.25. The topological polar surface area (TPSA) is 92.8 Å². The number of carbonyl (C=O) groups excluding carboxylic acids is 3. The van der Waals surface area contributed by atoms with Gasteiger partial charge in [-0.2, -0.15) is 0 Å². The Balaban J connectivity index is 1.63. The molecule has 8 heteroatoms. The SMILES string of the molecule is Cc1ccc(-c2ccc(/C=C3/C(=O)NC(=O)N(Cc4ccco4)C3=O)o2)c(Br)c1. The molecule has 1 saturated heterocycles. The van der Waals surface area contributed by atoms with Gasteiger partial charge in [0.25, 0.3) is 11.8 Å². The van der Waals surface area contributed by atoms with Crippen LogP contribution in [0.1, 0.15) is 17.1 Å². The largest absolute Gasteiger partial charge is 0.467 e. The molecule has 0 atom stereocenters. The van der Waals surface area contributed by atoms with Crippen molar-refractivity contribution < 1.29 is 23.2 Å². The van der Waals surface area contributed by atoms with Crippen LogP contribution in [0.4, 0.5) is 4.79 Å². The van der Waals surface area contributed by atoms with E-state index in [1.807, 2.05) is 25.1 Å². The van der Waals surface area contributed by atoms with Crippen LogP contribution in [0.2, 0.25) is 0 Å². The fraction of sp³-hybridized carbons (Fsp3) is 0.0952. The third-order valence-corrected chi connectivity index (χ3v) is 5.04. The third-order valence-electron chi connectivity index (χ3n) is 4.38. The summed E-state index contributed by atoms with van der Waals surface area (Å²) in [5.41, 5.74) is 1.75. The first-order chi connectivity index (χ1) is 13.9. The van der Waals surface area contributed by atoms with Crippen LogP contribution < -0.4 is 5.32 Å². The molecule has 4 amide bonds. The number of halogens is 1. The quantitative estimate of drug-likeness (QED) is 0.469. The van der Waals surface area contributed by atoms with Crippen LogP contribution in [0.15, 0.2) is 67.6 Å². The van der Waals surface area contributed by atoms with Gasteiger partial charge in [0, 0.05) is 10.0 Å². The van der Waals surface area contributed by atoms with Gasteiger partial charge in [-0.3, -0.25) is 19.8 Å². The number of aryl methyl sites for hydroxylation is 1. The van der Waals surface area contributed by atoms with Gasteiger partial charge in [0.2, 0.25) is 0 Å². The van der Waals surface area contributed by atoms with E-state index >= 15 is 0 Å². The standard InChI is InChI=1S/C21H15BrN2O5/c1-12-4-6-15(17(22)9-12)18-7-5-13(29-18)10-16-19(25)23-21(27)24(20(16)26)11-14-3-2-8-28-14/h2-10H,11H2,1H3,(H,23,25,27)/b16-10-. The Morgan fingerprint density at radius 3 is 2.69 bits per heavy atom. The molecule has 2 aromatic heterocycles. The van der Waals surface area contributed by atoms with E-state index in [0.29, 0.717) is 17.3 Å². The van der Waals surface area contributed by atoms with Crippen LogP contribution in [-0.2, 0) is 16.1 Å². The molecule has 1 aliphatic rings. The summed E-state index contributed by atoms with van der Waals surface area (Å²) in [7, 11) is 0. The first-order valence-electron chi connectivity index (χ1n) is 8.70. The molecule has 3 heterocycles. The molecule has 0 saturated carbocycles. The molecule has 146 valence electrons. The van der Waals surface area contributed by atoms with Crippen molar-refractivity contribution in [2.45, 2.75) is 13.5 Å². The van der Waals surface area contributed by atoms with Crippen molar-refractivity contribution in [2.75, 3.05) is 0 Å². The van der Waals surface area contributed by atoms with Crippen molar-refractivity contribution in [3.8, 4) is 11.3 Å². The number of imide groups is 2. The lowest BCUT2D eigenvalue weighted by molar-refractivity contribution is -0.130. The van der Waals surface area contributed by atoms with Gasteiger partial charge in [-0.1, -0.05) is 22.0 Å². The molecule has 0 unspecified atom stereocenters. The van der Waals surface area contributed by atoms with E-state index in [1.165, 1.54) is 12.3 Å². The van der Waals surface area contributed by atoms with E-state index in [0.717, 1.165) is 20.5 Å². The van der Waals surface area contributed by atoms with Crippen molar-refractivity contribution in [2.24, 2.45) is 0 Å². The molecular formula is C21H15BrN2O5. The van der Waals surface area contributed by atoms with Gasteiger partial charge >= 0.3 is 6.03 Å². The van der Waals surface area contributed by atoms with E-state index in [4.69, 9.17) is 8.83 Å². The summed E-state index contributed by atoms with van der Waals surface area (Å²) in [6.07, 6.45) is 2.77. The van der Waals surface area contributed by atoms with Gasteiger partial charge in [0.05, 0.1) is 12.8 Å². The second-order valence-electron chi connectivity index (χ2n) is 6.47. The predicted octanol–water partition coefficient (Wildman–Crippen LogP) is 4.27. The maximum absolute atomic E-state index is 12.7. The Kier molecular flexibility index (Phi) is 4.94. The van der Waals surface area contributed by atoms with Crippen LogP contribution in [0, 0.1) is 6.92 Å². The van der Waals surface area contributed by atoms with E-state index in [-0.39, 0.29) is 12.1 Å². The molecule has 4 rings (SSSR count). The molecule has 1 aliphatic heterocycles. The summed E-state index contributed by atoms with van der Waals surface area (Å²) in [5.74, 6) is -0.171. The maximum Gasteiger partial charge on any atom is 0.331 e. The zero-order valence-electron chi connectivity index (χ0n) is 15.3. The summed E-state index contributed by atoms with van der Waals surface area (Å²) < 4.78 is 11.8. The van der Waals surface area contributed by atoms with E-state index in [2.05, 4.69) is 21.2 Å². The van der Waals surface area contributed by atoms with Crippen LogP contribution in [0.5, 0.6) is 0 Å². The molecule has 0 bridgehead atoms. The minimum atomic E-state index is -0.794. The summed E-state index contributed by atoms with van der Waals surface area (Å²) in [6.45, 7) is 1.90. The first kappa shape index (κ1) is 18.9. The third kappa shape index (κ3) is 3.79. The van der Waals surface area contributed by atoms with Crippen molar-refractivity contribution >= 4 is 39.9 Å². The fourth-order valence-electron chi connectivity index (χ4n) is 2.93. The molecule has 3 aromatic rings. The zero-order chi connectivity index (χ0) is 20.5. The zero-order valence-corrected chi connectivity index (χ0v) is 16.9. The average Bonchev–Trinajstić information content (AvgIpc) is 3.34. The van der Waals surface area contributed by atoms with Crippen molar-refractivity contribution in [3.63, 3.8) is 0 Å². The second kappa shape index (κ2) is 7.56. The molecule has 29 heavy (non-hydrogen) atoms. The highest BCUT2D eigenvalue weighted by Crippen LogP contribution is 2.31. The molecule has 1 aromatic carbocycles. The Morgan fingerprint density at radius 2 is 1.97 bits per heavy atom. The minimum absolute atomic E-state index is 0.0813. The van der Waals surface area contributed by atoms with Crippen molar-refractivity contribution in [3.05, 3.63) is 75.9 Å². The van der Waals surface area contributed by atoms with Gasteiger partial charge < -0.3 is 8.83 Å². The predicted molar refractivity (Wildman–Crippen MR) is 107 cm³/mol. The Labute approximate surface area is 174 Å². The number of amides is 4. The van der Waals surface area contributed by atoms with Crippen LogP contribution in [0.3, 0.4) is 0 Å². The lowest BCUT2D eigenvalue weighted by Crippen LogP contribution is -2.53. The monoisotopic (exact) mass is 454 g/mol. The highest BCUT2D eigenvalue weighted by Gasteiger charge is 2.36. The van der Waals surface area contributed by atoms with Crippen molar-refractivity contribution in [1.82, 2.24) is 10.2 Å².